The number of hydrogen-bond acceptors (Lipinski definition) is 6. The van der Waals surface area contributed by atoms with E-state index in [-0.39, 0.29) is 42.9 Å². The number of hydrogen-bond donors (Lipinski definition) is 2. The van der Waals surface area contributed by atoms with Crippen LogP contribution in [0.2, 0.25) is 0 Å². The van der Waals surface area contributed by atoms with Crippen molar-refractivity contribution in [3.05, 3.63) is 40.9 Å². The number of carbonyl (C=O) groups excluding carboxylic acids is 1. The minimum absolute atomic E-state index is 0. The second-order valence-corrected chi connectivity index (χ2v) is 7.42. The minimum Gasteiger partial charge on any atom is -0.399 e. The van der Waals surface area contributed by atoms with Gasteiger partial charge in [0, 0.05) is 30.7 Å². The summed E-state index contributed by atoms with van der Waals surface area (Å²) in [4.78, 5) is 19.0. The molecule has 1 aromatic heterocycles. The van der Waals surface area contributed by atoms with E-state index in [1.54, 1.807) is 12.1 Å². The number of thiazole rings is 1. The number of ether oxygens (including phenoxy) is 1. The van der Waals surface area contributed by atoms with Crippen molar-refractivity contribution < 1.29 is 9.53 Å². The summed E-state index contributed by atoms with van der Waals surface area (Å²) in [5, 5.41) is 5.52. The summed E-state index contributed by atoms with van der Waals surface area (Å²) >= 11 is 1.46. The molecule has 0 spiro atoms. The normalized spacial score (nSPS) is 19.6. The predicted octanol–water partition coefficient (Wildman–Crippen LogP) is 3.36. The number of rotatable bonds is 5. The third-order valence-corrected chi connectivity index (χ3v) is 4.83. The van der Waals surface area contributed by atoms with Crippen LogP contribution in [0.3, 0.4) is 0 Å². The number of anilines is 2. The molecule has 3 N–H and O–H groups in total. The molecule has 2 aromatic rings. The molecule has 1 aromatic carbocycles. The van der Waals surface area contributed by atoms with Gasteiger partial charge in [0.2, 0.25) is 5.91 Å². The molecule has 2 unspecified atom stereocenters. The molecule has 0 saturated carbocycles. The van der Waals surface area contributed by atoms with Crippen LogP contribution in [-0.4, -0.2) is 41.1 Å². The van der Waals surface area contributed by atoms with Crippen LogP contribution in [-0.2, 0) is 22.5 Å². The number of nitrogens with zero attached hydrogens (tertiary/aromatic N) is 2. The molecule has 1 fully saturated rings. The van der Waals surface area contributed by atoms with Crippen LogP contribution >= 0.6 is 36.2 Å². The Hall–Kier alpha value is -1.38. The molecule has 0 radical (unpaired) electrons. The Balaban J connectivity index is 0.00000182. The first kappa shape index (κ1) is 23.7. The monoisotopic (exact) mass is 432 g/mol. The van der Waals surface area contributed by atoms with Gasteiger partial charge in [-0.3, -0.25) is 9.69 Å². The zero-order chi connectivity index (χ0) is 17.8. The molecule has 6 nitrogen and oxygen atoms in total. The summed E-state index contributed by atoms with van der Waals surface area (Å²) in [6.07, 6.45) is 0.788. The molecule has 150 valence electrons. The van der Waals surface area contributed by atoms with Crippen LogP contribution in [0.1, 0.15) is 25.1 Å². The molecule has 1 aliphatic rings. The molecule has 1 amide bonds. The highest BCUT2D eigenvalue weighted by Gasteiger charge is 2.22. The van der Waals surface area contributed by atoms with Gasteiger partial charge in [-0.15, -0.1) is 36.2 Å². The third-order valence-electron chi connectivity index (χ3n) is 4.02. The van der Waals surface area contributed by atoms with Gasteiger partial charge in [-0.2, -0.15) is 0 Å². The number of halogens is 2. The predicted molar refractivity (Wildman–Crippen MR) is 115 cm³/mol. The maximum atomic E-state index is 12.1. The first-order valence-corrected chi connectivity index (χ1v) is 9.32. The number of nitrogen functional groups attached to an aromatic ring is 1. The molecule has 1 saturated heterocycles. The lowest BCUT2D eigenvalue weighted by Gasteiger charge is -2.34. The zero-order valence-corrected chi connectivity index (χ0v) is 17.8. The zero-order valence-electron chi connectivity index (χ0n) is 15.4. The van der Waals surface area contributed by atoms with Crippen LogP contribution in [0.25, 0.3) is 0 Å². The number of nitrogens with one attached hydrogen (secondary N) is 1. The van der Waals surface area contributed by atoms with Gasteiger partial charge in [0.05, 0.1) is 24.3 Å². The van der Waals surface area contributed by atoms with Gasteiger partial charge in [0.25, 0.3) is 0 Å². The van der Waals surface area contributed by atoms with Gasteiger partial charge in [-0.05, 0) is 31.5 Å². The first-order valence-electron chi connectivity index (χ1n) is 8.44. The van der Waals surface area contributed by atoms with Crippen molar-refractivity contribution in [3.63, 3.8) is 0 Å². The van der Waals surface area contributed by atoms with Gasteiger partial charge in [-0.1, -0.05) is 12.1 Å². The fraction of sp³-hybridized carbons (Fsp3) is 0.444. The average Bonchev–Trinajstić information content (AvgIpc) is 2.95. The smallest absolute Gasteiger partial charge is 0.230 e. The third kappa shape index (κ3) is 7.27. The highest BCUT2D eigenvalue weighted by molar-refractivity contribution is 7.13. The van der Waals surface area contributed by atoms with Crippen LogP contribution in [0.5, 0.6) is 0 Å². The maximum Gasteiger partial charge on any atom is 0.230 e. The van der Waals surface area contributed by atoms with Crippen molar-refractivity contribution in [2.75, 3.05) is 24.1 Å². The second kappa shape index (κ2) is 10.8. The van der Waals surface area contributed by atoms with Crippen LogP contribution < -0.4 is 11.1 Å². The SMILES string of the molecule is CC1CN(Cc2csc(NC(=O)Cc3ccc(N)cc3)n2)CC(C)O1.Cl.Cl. The van der Waals surface area contributed by atoms with Crippen LogP contribution in [0, 0.1) is 0 Å². The average molecular weight is 433 g/mol. The Morgan fingerprint density at radius 3 is 2.52 bits per heavy atom. The summed E-state index contributed by atoms with van der Waals surface area (Å²) in [6, 6.07) is 7.33. The lowest BCUT2D eigenvalue weighted by molar-refractivity contribution is -0.115. The van der Waals surface area contributed by atoms with Crippen molar-refractivity contribution in [2.45, 2.75) is 39.0 Å². The summed E-state index contributed by atoms with van der Waals surface area (Å²) in [7, 11) is 0. The number of aromatic nitrogens is 1. The van der Waals surface area contributed by atoms with Gasteiger partial charge in [-0.25, -0.2) is 4.98 Å². The van der Waals surface area contributed by atoms with E-state index in [1.165, 1.54) is 11.3 Å². The summed E-state index contributed by atoms with van der Waals surface area (Å²) in [6.45, 7) is 6.77. The lowest BCUT2D eigenvalue weighted by Crippen LogP contribution is -2.44. The van der Waals surface area contributed by atoms with E-state index in [0.717, 1.165) is 30.9 Å². The van der Waals surface area contributed by atoms with Gasteiger partial charge in [0.1, 0.15) is 0 Å². The van der Waals surface area contributed by atoms with Crippen molar-refractivity contribution in [2.24, 2.45) is 0 Å². The number of benzene rings is 1. The Bertz CT molecular complexity index is 716. The molecular formula is C18H26Cl2N4O2S. The molecule has 1 aliphatic heterocycles. The van der Waals surface area contributed by atoms with Crippen molar-refractivity contribution in [1.29, 1.82) is 0 Å². The van der Waals surface area contributed by atoms with Gasteiger partial charge >= 0.3 is 0 Å². The topological polar surface area (TPSA) is 80.5 Å². The number of amides is 1. The summed E-state index contributed by atoms with van der Waals surface area (Å²) in [5.41, 5.74) is 8.26. The Morgan fingerprint density at radius 1 is 1.26 bits per heavy atom. The molecular weight excluding hydrogens is 407 g/mol. The van der Waals surface area contributed by atoms with Gasteiger partial charge in [0.15, 0.2) is 5.13 Å². The molecule has 0 aliphatic carbocycles. The van der Waals surface area contributed by atoms with E-state index in [1.807, 2.05) is 17.5 Å². The second-order valence-electron chi connectivity index (χ2n) is 6.56. The van der Waals surface area contributed by atoms with Crippen molar-refractivity contribution in [3.8, 4) is 0 Å². The van der Waals surface area contributed by atoms with Crippen LogP contribution in [0.4, 0.5) is 10.8 Å². The lowest BCUT2D eigenvalue weighted by atomic mass is 10.1. The summed E-state index contributed by atoms with van der Waals surface area (Å²) in [5.74, 6) is -0.0701. The van der Waals surface area contributed by atoms with Crippen molar-refractivity contribution in [1.82, 2.24) is 9.88 Å². The highest BCUT2D eigenvalue weighted by atomic mass is 35.5. The van der Waals surface area contributed by atoms with Crippen LogP contribution in [0.15, 0.2) is 29.6 Å². The summed E-state index contributed by atoms with van der Waals surface area (Å²) < 4.78 is 5.75. The standard InChI is InChI=1S/C18H24N4O2S.2ClH/c1-12-8-22(9-13(2)24-12)10-16-11-25-18(20-16)21-17(23)7-14-3-5-15(19)6-4-14;;/h3-6,11-13H,7-10,19H2,1-2H3,(H,20,21,23);2*1H. The fourth-order valence-corrected chi connectivity index (χ4v) is 3.78. The Labute approximate surface area is 176 Å². The quantitative estimate of drug-likeness (QED) is 0.707. The Morgan fingerprint density at radius 2 is 1.89 bits per heavy atom. The molecule has 9 heteroatoms. The largest absolute Gasteiger partial charge is 0.399 e. The Kier molecular flexibility index (Phi) is 9.49. The highest BCUT2D eigenvalue weighted by Crippen LogP contribution is 2.19. The van der Waals surface area contributed by atoms with E-state index in [0.29, 0.717) is 17.2 Å². The maximum absolute atomic E-state index is 12.1. The van der Waals surface area contributed by atoms with E-state index >= 15 is 0 Å². The number of morpholine rings is 1. The molecule has 3 rings (SSSR count). The van der Waals surface area contributed by atoms with E-state index < -0.39 is 0 Å². The molecule has 2 atom stereocenters. The van der Waals surface area contributed by atoms with E-state index in [4.69, 9.17) is 10.5 Å². The van der Waals surface area contributed by atoms with Crippen molar-refractivity contribution >= 4 is 52.9 Å². The molecule has 27 heavy (non-hydrogen) atoms. The first-order chi connectivity index (χ1) is 12.0. The molecule has 0 bridgehead atoms. The number of nitrogens with two attached hydrogens (primary N) is 1. The van der Waals surface area contributed by atoms with Gasteiger partial charge < -0.3 is 15.8 Å². The molecule has 2 heterocycles. The number of carbonyl (C=O) groups is 1. The van der Waals surface area contributed by atoms with E-state index in [2.05, 4.69) is 29.0 Å². The fourth-order valence-electron chi connectivity index (χ4n) is 3.06. The van der Waals surface area contributed by atoms with E-state index in [9.17, 15) is 4.79 Å². The minimum atomic E-state index is -0.0701.